The first-order valence-electron chi connectivity index (χ1n) is 7.64. The zero-order valence-electron chi connectivity index (χ0n) is 12.5. The van der Waals surface area contributed by atoms with Crippen LogP contribution in [0.5, 0.6) is 0 Å². The summed E-state index contributed by atoms with van der Waals surface area (Å²) in [6, 6.07) is 0. The average Bonchev–Trinajstić information content (AvgIpc) is 2.40. The molecule has 1 fully saturated rings. The maximum atomic E-state index is 11.2. The molecule has 4 nitrogen and oxygen atoms in total. The molecule has 0 unspecified atom stereocenters. The van der Waals surface area contributed by atoms with Crippen LogP contribution in [0.15, 0.2) is 0 Å². The van der Waals surface area contributed by atoms with Crippen LogP contribution < -0.4 is 0 Å². The first-order chi connectivity index (χ1) is 9.22. The summed E-state index contributed by atoms with van der Waals surface area (Å²) >= 11 is 0. The number of ether oxygens (including phenoxy) is 2. The van der Waals surface area contributed by atoms with Gasteiger partial charge in [0.15, 0.2) is 0 Å². The van der Waals surface area contributed by atoms with Crippen molar-refractivity contribution in [2.24, 2.45) is 5.92 Å². The highest BCUT2D eigenvalue weighted by Crippen LogP contribution is 2.15. The molecule has 0 bridgehead atoms. The second-order valence-electron chi connectivity index (χ2n) is 5.43. The van der Waals surface area contributed by atoms with Gasteiger partial charge in [-0.1, -0.05) is 6.42 Å². The van der Waals surface area contributed by atoms with E-state index in [4.69, 9.17) is 9.47 Å². The molecule has 4 heteroatoms. The number of unbranched alkanes of at least 4 members (excludes halogenated alkanes) is 2. The molecule has 0 aromatic carbocycles. The summed E-state index contributed by atoms with van der Waals surface area (Å²) < 4.78 is 10.3. The minimum atomic E-state index is -0.0574. The van der Waals surface area contributed by atoms with Crippen LogP contribution >= 0.6 is 0 Å². The SMILES string of the molecule is CCOC(=O)CCCCCN(C)CC1CCOCC1. The van der Waals surface area contributed by atoms with Crippen molar-refractivity contribution >= 4 is 5.97 Å². The van der Waals surface area contributed by atoms with E-state index in [1.807, 2.05) is 6.92 Å². The lowest BCUT2D eigenvalue weighted by Crippen LogP contribution is -2.30. The van der Waals surface area contributed by atoms with Crippen LogP contribution in [0.25, 0.3) is 0 Å². The summed E-state index contributed by atoms with van der Waals surface area (Å²) in [4.78, 5) is 13.6. The van der Waals surface area contributed by atoms with Gasteiger partial charge in [-0.3, -0.25) is 4.79 Å². The number of carbonyl (C=O) groups is 1. The standard InChI is InChI=1S/C15H29NO3/c1-3-19-15(17)7-5-4-6-10-16(2)13-14-8-11-18-12-9-14/h14H,3-13H2,1-2H3. The predicted octanol–water partition coefficient (Wildman–Crippen LogP) is 2.47. The zero-order chi connectivity index (χ0) is 13.9. The third-order valence-electron chi connectivity index (χ3n) is 3.64. The van der Waals surface area contributed by atoms with Crippen LogP contribution in [-0.2, 0) is 14.3 Å². The minimum absolute atomic E-state index is 0.0574. The number of hydrogen-bond acceptors (Lipinski definition) is 4. The number of esters is 1. The maximum absolute atomic E-state index is 11.2. The molecular weight excluding hydrogens is 242 g/mol. The van der Waals surface area contributed by atoms with E-state index in [0.29, 0.717) is 13.0 Å². The Kier molecular flexibility index (Phi) is 8.84. The maximum Gasteiger partial charge on any atom is 0.305 e. The average molecular weight is 271 g/mol. The first-order valence-corrected chi connectivity index (χ1v) is 7.64. The lowest BCUT2D eigenvalue weighted by Gasteiger charge is -2.27. The van der Waals surface area contributed by atoms with Crippen LogP contribution in [0.4, 0.5) is 0 Å². The van der Waals surface area contributed by atoms with Crippen LogP contribution in [0, 0.1) is 5.92 Å². The Hall–Kier alpha value is -0.610. The lowest BCUT2D eigenvalue weighted by molar-refractivity contribution is -0.143. The highest BCUT2D eigenvalue weighted by Gasteiger charge is 2.15. The molecule has 1 heterocycles. The van der Waals surface area contributed by atoms with Crippen molar-refractivity contribution in [2.45, 2.75) is 45.4 Å². The molecule has 19 heavy (non-hydrogen) atoms. The molecule has 0 saturated carbocycles. The van der Waals surface area contributed by atoms with E-state index in [9.17, 15) is 4.79 Å². The number of rotatable bonds is 9. The quantitative estimate of drug-likeness (QED) is 0.477. The molecule has 1 rings (SSSR count). The molecule has 0 aromatic rings. The number of nitrogens with zero attached hydrogens (tertiary/aromatic N) is 1. The van der Waals surface area contributed by atoms with Crippen molar-refractivity contribution in [1.82, 2.24) is 4.90 Å². The van der Waals surface area contributed by atoms with Crippen LogP contribution in [0.3, 0.4) is 0 Å². The van der Waals surface area contributed by atoms with Gasteiger partial charge in [0.1, 0.15) is 0 Å². The summed E-state index contributed by atoms with van der Waals surface area (Å²) in [5, 5.41) is 0. The minimum Gasteiger partial charge on any atom is -0.466 e. The Morgan fingerprint density at radius 3 is 2.68 bits per heavy atom. The summed E-state index contributed by atoms with van der Waals surface area (Å²) in [5.74, 6) is 0.747. The third kappa shape index (κ3) is 8.22. The lowest BCUT2D eigenvalue weighted by atomic mass is 10.00. The van der Waals surface area contributed by atoms with E-state index < -0.39 is 0 Å². The van der Waals surface area contributed by atoms with Gasteiger partial charge in [0.2, 0.25) is 0 Å². The van der Waals surface area contributed by atoms with Crippen molar-refractivity contribution in [3.05, 3.63) is 0 Å². The molecule has 1 aliphatic rings. The normalized spacial score (nSPS) is 16.8. The molecular formula is C15H29NO3. The van der Waals surface area contributed by atoms with Crippen molar-refractivity contribution in [1.29, 1.82) is 0 Å². The molecule has 0 aromatic heterocycles. The third-order valence-corrected chi connectivity index (χ3v) is 3.64. The van der Waals surface area contributed by atoms with Gasteiger partial charge in [0, 0.05) is 26.2 Å². The number of carbonyl (C=O) groups excluding carboxylic acids is 1. The molecule has 0 N–H and O–H groups in total. The summed E-state index contributed by atoms with van der Waals surface area (Å²) in [6.07, 6.45) is 6.19. The molecule has 0 amide bonds. The fourth-order valence-electron chi connectivity index (χ4n) is 2.52. The highest BCUT2D eigenvalue weighted by atomic mass is 16.5. The van der Waals surface area contributed by atoms with Gasteiger partial charge in [-0.25, -0.2) is 0 Å². The smallest absolute Gasteiger partial charge is 0.305 e. The van der Waals surface area contributed by atoms with E-state index in [2.05, 4.69) is 11.9 Å². The molecule has 0 atom stereocenters. The monoisotopic (exact) mass is 271 g/mol. The van der Waals surface area contributed by atoms with Gasteiger partial charge in [-0.15, -0.1) is 0 Å². The van der Waals surface area contributed by atoms with E-state index in [-0.39, 0.29) is 5.97 Å². The van der Waals surface area contributed by atoms with Gasteiger partial charge in [0.05, 0.1) is 6.61 Å². The largest absolute Gasteiger partial charge is 0.466 e. The van der Waals surface area contributed by atoms with E-state index >= 15 is 0 Å². The number of hydrogen-bond donors (Lipinski definition) is 0. The molecule has 0 spiro atoms. The summed E-state index contributed by atoms with van der Waals surface area (Å²) in [5.41, 5.74) is 0. The summed E-state index contributed by atoms with van der Waals surface area (Å²) in [6.45, 7) is 6.51. The second-order valence-corrected chi connectivity index (χ2v) is 5.43. The fourth-order valence-corrected chi connectivity index (χ4v) is 2.52. The van der Waals surface area contributed by atoms with Crippen molar-refractivity contribution < 1.29 is 14.3 Å². The van der Waals surface area contributed by atoms with Gasteiger partial charge < -0.3 is 14.4 Å². The fraction of sp³-hybridized carbons (Fsp3) is 0.933. The van der Waals surface area contributed by atoms with E-state index in [0.717, 1.165) is 38.5 Å². The molecule has 0 radical (unpaired) electrons. The van der Waals surface area contributed by atoms with Gasteiger partial charge >= 0.3 is 5.97 Å². The van der Waals surface area contributed by atoms with Crippen LogP contribution in [-0.4, -0.2) is 50.8 Å². The van der Waals surface area contributed by atoms with Crippen LogP contribution in [0.2, 0.25) is 0 Å². The Morgan fingerprint density at radius 2 is 2.00 bits per heavy atom. The second kappa shape index (κ2) is 10.2. The Morgan fingerprint density at radius 1 is 1.26 bits per heavy atom. The Bertz CT molecular complexity index is 240. The zero-order valence-corrected chi connectivity index (χ0v) is 12.5. The molecule has 1 aliphatic heterocycles. The summed E-state index contributed by atoms with van der Waals surface area (Å²) in [7, 11) is 2.20. The predicted molar refractivity (Wildman–Crippen MR) is 76.1 cm³/mol. The highest BCUT2D eigenvalue weighted by molar-refractivity contribution is 5.69. The van der Waals surface area contributed by atoms with Gasteiger partial charge in [-0.05, 0) is 52.1 Å². The van der Waals surface area contributed by atoms with E-state index in [1.54, 1.807) is 0 Å². The first kappa shape index (κ1) is 16.4. The molecule has 0 aliphatic carbocycles. The van der Waals surface area contributed by atoms with Gasteiger partial charge in [0.25, 0.3) is 0 Å². The Balaban J connectivity index is 1.94. The Labute approximate surface area is 117 Å². The van der Waals surface area contributed by atoms with Gasteiger partial charge in [-0.2, -0.15) is 0 Å². The van der Waals surface area contributed by atoms with Crippen molar-refractivity contribution in [3.63, 3.8) is 0 Å². The van der Waals surface area contributed by atoms with Crippen LogP contribution in [0.1, 0.15) is 45.4 Å². The molecule has 1 saturated heterocycles. The van der Waals surface area contributed by atoms with Crippen molar-refractivity contribution in [2.75, 3.05) is 40.0 Å². The van der Waals surface area contributed by atoms with E-state index in [1.165, 1.54) is 25.8 Å². The molecule has 112 valence electrons. The van der Waals surface area contributed by atoms with Crippen molar-refractivity contribution in [3.8, 4) is 0 Å². The topological polar surface area (TPSA) is 38.8 Å².